The van der Waals surface area contributed by atoms with E-state index in [0.717, 1.165) is 0 Å². The van der Waals surface area contributed by atoms with Gasteiger partial charge in [0.05, 0.1) is 6.67 Å². The summed E-state index contributed by atoms with van der Waals surface area (Å²) in [5, 5.41) is 0.486. The molecule has 0 aliphatic carbocycles. The molecule has 0 amide bonds. The van der Waals surface area contributed by atoms with Crippen molar-refractivity contribution in [3.8, 4) is 0 Å². The van der Waals surface area contributed by atoms with Crippen LogP contribution in [0.15, 0.2) is 0 Å². The van der Waals surface area contributed by atoms with Crippen LogP contribution in [-0.2, 0) is 0 Å². The fraction of sp³-hybridized carbons (Fsp3) is 1.00. The minimum Gasteiger partial charge on any atom is -0.251 e. The Hall–Kier alpha value is 0.630. The predicted molar refractivity (Wildman–Crippen MR) is 50.3 cm³/mol. The first-order valence-electron chi connectivity index (χ1n) is 3.47. The standard InChI is InChI=1S/C7H15FS2/c1-6(2)7(4-5-8)10-9-3/h6-7H,4-5H2,1-3H3. The molecule has 0 nitrogen and oxygen atoms in total. The van der Waals surface area contributed by atoms with E-state index in [1.807, 2.05) is 6.26 Å². The topological polar surface area (TPSA) is 0 Å². The van der Waals surface area contributed by atoms with Crippen LogP contribution in [0, 0.1) is 5.92 Å². The fourth-order valence-electron chi connectivity index (χ4n) is 0.724. The van der Waals surface area contributed by atoms with E-state index in [2.05, 4.69) is 13.8 Å². The molecule has 0 aromatic carbocycles. The lowest BCUT2D eigenvalue weighted by atomic mass is 10.1. The van der Waals surface area contributed by atoms with E-state index < -0.39 is 0 Å². The summed E-state index contributed by atoms with van der Waals surface area (Å²) in [6.07, 6.45) is 2.74. The molecule has 0 bridgehead atoms. The van der Waals surface area contributed by atoms with Gasteiger partial charge in [-0.2, -0.15) is 0 Å². The van der Waals surface area contributed by atoms with Gasteiger partial charge in [0.15, 0.2) is 0 Å². The minimum atomic E-state index is -0.184. The van der Waals surface area contributed by atoms with Gasteiger partial charge in [-0.3, -0.25) is 4.39 Å². The number of hydrogen-bond donors (Lipinski definition) is 0. The molecular weight excluding hydrogens is 167 g/mol. The molecule has 0 saturated heterocycles. The van der Waals surface area contributed by atoms with Crippen LogP contribution in [-0.4, -0.2) is 18.2 Å². The van der Waals surface area contributed by atoms with Crippen molar-refractivity contribution in [3.63, 3.8) is 0 Å². The summed E-state index contributed by atoms with van der Waals surface area (Å²) in [5.74, 6) is 0.591. The Morgan fingerprint density at radius 2 is 2.00 bits per heavy atom. The molecule has 1 atom stereocenters. The van der Waals surface area contributed by atoms with Crippen molar-refractivity contribution in [2.75, 3.05) is 12.9 Å². The third kappa shape index (κ3) is 4.45. The Kier molecular flexibility index (Phi) is 6.75. The van der Waals surface area contributed by atoms with Crippen molar-refractivity contribution in [2.45, 2.75) is 25.5 Å². The van der Waals surface area contributed by atoms with Crippen molar-refractivity contribution >= 4 is 21.6 Å². The second-order valence-corrected chi connectivity index (χ2v) is 5.23. The van der Waals surface area contributed by atoms with Gasteiger partial charge in [0.2, 0.25) is 0 Å². The highest BCUT2D eigenvalue weighted by Crippen LogP contribution is 2.31. The molecule has 0 aliphatic rings. The molecule has 0 fully saturated rings. The molecule has 0 heterocycles. The zero-order valence-electron chi connectivity index (χ0n) is 6.76. The van der Waals surface area contributed by atoms with Crippen molar-refractivity contribution < 1.29 is 4.39 Å². The third-order valence-corrected chi connectivity index (χ3v) is 3.90. The maximum Gasteiger partial charge on any atom is 0.0905 e. The van der Waals surface area contributed by atoms with Crippen molar-refractivity contribution in [1.82, 2.24) is 0 Å². The van der Waals surface area contributed by atoms with Crippen LogP contribution >= 0.6 is 21.6 Å². The molecule has 0 spiro atoms. The van der Waals surface area contributed by atoms with E-state index >= 15 is 0 Å². The van der Waals surface area contributed by atoms with E-state index in [4.69, 9.17) is 0 Å². The van der Waals surface area contributed by atoms with Gasteiger partial charge < -0.3 is 0 Å². The second kappa shape index (κ2) is 6.35. The van der Waals surface area contributed by atoms with Gasteiger partial charge in [-0.05, 0) is 18.6 Å². The summed E-state index contributed by atoms with van der Waals surface area (Å²) in [4.78, 5) is 0. The average Bonchev–Trinajstić information content (AvgIpc) is 1.87. The van der Waals surface area contributed by atoms with Crippen LogP contribution in [0.2, 0.25) is 0 Å². The Balaban J connectivity index is 3.50. The maximum absolute atomic E-state index is 11.9. The SMILES string of the molecule is CSSC(CCF)C(C)C. The first kappa shape index (κ1) is 10.6. The zero-order chi connectivity index (χ0) is 7.98. The maximum atomic E-state index is 11.9. The summed E-state index contributed by atoms with van der Waals surface area (Å²) >= 11 is 0. The highest BCUT2D eigenvalue weighted by molar-refractivity contribution is 8.76. The molecule has 0 saturated carbocycles. The molecule has 0 radical (unpaired) electrons. The first-order valence-corrected chi connectivity index (χ1v) is 6.10. The summed E-state index contributed by atoms with van der Waals surface area (Å²) < 4.78 is 11.9. The van der Waals surface area contributed by atoms with E-state index in [1.165, 1.54) is 0 Å². The highest BCUT2D eigenvalue weighted by Gasteiger charge is 2.12. The van der Waals surface area contributed by atoms with Crippen LogP contribution in [0.5, 0.6) is 0 Å². The van der Waals surface area contributed by atoms with Gasteiger partial charge >= 0.3 is 0 Å². The Morgan fingerprint density at radius 1 is 1.40 bits per heavy atom. The molecule has 10 heavy (non-hydrogen) atoms. The number of halogens is 1. The van der Waals surface area contributed by atoms with Gasteiger partial charge in [-0.15, -0.1) is 0 Å². The molecule has 1 unspecified atom stereocenters. The van der Waals surface area contributed by atoms with Crippen LogP contribution in [0.3, 0.4) is 0 Å². The van der Waals surface area contributed by atoms with E-state index in [1.54, 1.807) is 21.6 Å². The lowest BCUT2D eigenvalue weighted by Crippen LogP contribution is -2.10. The lowest BCUT2D eigenvalue weighted by Gasteiger charge is -2.16. The summed E-state index contributed by atoms with van der Waals surface area (Å²) in [7, 11) is 3.51. The van der Waals surface area contributed by atoms with E-state index in [-0.39, 0.29) is 6.67 Å². The molecule has 0 rings (SSSR count). The second-order valence-electron chi connectivity index (χ2n) is 2.52. The van der Waals surface area contributed by atoms with Crippen LogP contribution < -0.4 is 0 Å². The van der Waals surface area contributed by atoms with Crippen LogP contribution in [0.1, 0.15) is 20.3 Å². The molecular formula is C7H15FS2. The summed E-state index contributed by atoms with van der Waals surface area (Å²) in [5.41, 5.74) is 0. The Bertz CT molecular complexity index is 70.0. The van der Waals surface area contributed by atoms with E-state index in [9.17, 15) is 4.39 Å². The number of hydrogen-bond acceptors (Lipinski definition) is 2. The molecule has 0 aromatic rings. The van der Waals surface area contributed by atoms with Gasteiger partial charge in [0, 0.05) is 5.25 Å². The Morgan fingerprint density at radius 3 is 2.30 bits per heavy atom. The van der Waals surface area contributed by atoms with Gasteiger partial charge in [0.1, 0.15) is 0 Å². The monoisotopic (exact) mass is 182 g/mol. The Labute approximate surface area is 70.7 Å². The van der Waals surface area contributed by atoms with Crippen LogP contribution in [0.4, 0.5) is 4.39 Å². The van der Waals surface area contributed by atoms with Crippen molar-refractivity contribution in [2.24, 2.45) is 5.92 Å². The third-order valence-electron chi connectivity index (χ3n) is 1.36. The average molecular weight is 182 g/mol. The highest BCUT2D eigenvalue weighted by atomic mass is 33.1. The van der Waals surface area contributed by atoms with Gasteiger partial charge in [-0.1, -0.05) is 35.4 Å². The largest absolute Gasteiger partial charge is 0.251 e. The van der Waals surface area contributed by atoms with Gasteiger partial charge in [-0.25, -0.2) is 0 Å². The zero-order valence-corrected chi connectivity index (χ0v) is 8.40. The predicted octanol–water partition coefficient (Wildman–Crippen LogP) is 3.38. The molecule has 3 heteroatoms. The summed E-state index contributed by atoms with van der Waals surface area (Å²) in [6, 6.07) is 0. The molecule has 0 N–H and O–H groups in total. The number of rotatable bonds is 5. The van der Waals surface area contributed by atoms with E-state index in [0.29, 0.717) is 17.6 Å². The quantitative estimate of drug-likeness (QED) is 0.598. The smallest absolute Gasteiger partial charge is 0.0905 e. The number of alkyl halides is 1. The normalized spacial score (nSPS) is 14.1. The van der Waals surface area contributed by atoms with Crippen LogP contribution in [0.25, 0.3) is 0 Å². The fourth-order valence-corrected chi connectivity index (χ4v) is 3.08. The van der Waals surface area contributed by atoms with Crippen molar-refractivity contribution in [1.29, 1.82) is 0 Å². The molecule has 0 aromatic heterocycles. The molecule has 62 valence electrons. The first-order chi connectivity index (χ1) is 4.72. The van der Waals surface area contributed by atoms with Gasteiger partial charge in [0.25, 0.3) is 0 Å². The minimum absolute atomic E-state index is 0.184. The summed E-state index contributed by atoms with van der Waals surface area (Å²) in [6.45, 7) is 4.10. The molecule has 0 aliphatic heterocycles. The lowest BCUT2D eigenvalue weighted by molar-refractivity contribution is 0.438. The van der Waals surface area contributed by atoms with Crippen molar-refractivity contribution in [3.05, 3.63) is 0 Å².